The van der Waals surface area contributed by atoms with Crippen LogP contribution in [0.4, 0.5) is 11.4 Å². The van der Waals surface area contributed by atoms with Crippen LogP contribution in [0.3, 0.4) is 0 Å². The van der Waals surface area contributed by atoms with E-state index in [0.717, 1.165) is 44.9 Å². The summed E-state index contributed by atoms with van der Waals surface area (Å²) in [5, 5.41) is 2.48. The molecule has 1 aliphatic rings. The Hall–Kier alpha value is -6.12. The van der Waals surface area contributed by atoms with E-state index in [-0.39, 0.29) is 0 Å². The number of allylic oxidation sites excluding steroid dienone is 6. The highest BCUT2D eigenvalue weighted by atomic mass is 15.1. The molecule has 0 spiro atoms. The number of nitrogens with zero attached hydrogens (tertiary/aromatic N) is 2. The quantitative estimate of drug-likeness (QED) is 0.190. The predicted octanol–water partition coefficient (Wildman–Crippen LogP) is 12.2. The van der Waals surface area contributed by atoms with Gasteiger partial charge in [0.15, 0.2) is 0 Å². The molecule has 0 radical (unpaired) electrons. The third kappa shape index (κ3) is 5.01. The second-order valence-electron chi connectivity index (χ2n) is 11.8. The molecule has 7 aromatic rings. The molecular formula is C45H34N2. The fourth-order valence-corrected chi connectivity index (χ4v) is 6.86. The molecule has 0 bridgehead atoms. The normalized spacial score (nSPS) is 15.2. The third-order valence-corrected chi connectivity index (χ3v) is 9.09. The molecule has 1 aromatic heterocycles. The number of para-hydroxylation sites is 4. The summed E-state index contributed by atoms with van der Waals surface area (Å²) < 4.78 is 2.44. The smallest absolute Gasteiger partial charge is 0.0547 e. The molecule has 0 amide bonds. The van der Waals surface area contributed by atoms with Crippen molar-refractivity contribution in [2.75, 3.05) is 4.90 Å². The van der Waals surface area contributed by atoms with Crippen LogP contribution in [-0.4, -0.2) is 4.57 Å². The van der Waals surface area contributed by atoms with Crippen molar-refractivity contribution in [3.63, 3.8) is 0 Å². The van der Waals surface area contributed by atoms with E-state index in [9.17, 15) is 0 Å². The van der Waals surface area contributed by atoms with Crippen LogP contribution in [0.15, 0.2) is 188 Å². The Morgan fingerprint density at radius 1 is 0.574 bits per heavy atom. The Kier molecular flexibility index (Phi) is 7.24. The summed E-state index contributed by atoms with van der Waals surface area (Å²) in [6.45, 7) is 6.61. The Bertz CT molecular complexity index is 2370. The number of fused-ring (bicyclic) bond motifs is 4. The number of hydrogen-bond donors (Lipinski definition) is 0. The SMILES string of the molecule is C=C1\C=C/C(C(=C/C)/c2ccccc2-n2c3ccccc3c3ccc(-c4ccccc4)cc32)=C\N(c2ccccc2)c2ccccc21. The zero-order valence-corrected chi connectivity index (χ0v) is 26.3. The minimum Gasteiger partial charge on any atom is -0.316 e. The van der Waals surface area contributed by atoms with Crippen LogP contribution in [0.2, 0.25) is 0 Å². The molecule has 0 saturated carbocycles. The number of benzene rings is 6. The van der Waals surface area contributed by atoms with Gasteiger partial charge < -0.3 is 9.47 Å². The predicted molar refractivity (Wildman–Crippen MR) is 201 cm³/mol. The van der Waals surface area contributed by atoms with E-state index in [1.54, 1.807) is 0 Å². The Morgan fingerprint density at radius 2 is 1.23 bits per heavy atom. The lowest BCUT2D eigenvalue weighted by Crippen LogP contribution is -2.13. The maximum Gasteiger partial charge on any atom is 0.0547 e. The summed E-state index contributed by atoms with van der Waals surface area (Å²) >= 11 is 0. The summed E-state index contributed by atoms with van der Waals surface area (Å²) in [6.07, 6.45) is 8.85. The molecule has 0 fully saturated rings. The van der Waals surface area contributed by atoms with Crippen molar-refractivity contribution in [1.82, 2.24) is 4.57 Å². The maximum atomic E-state index is 4.47. The summed E-state index contributed by atoms with van der Waals surface area (Å²) in [7, 11) is 0. The summed E-state index contributed by atoms with van der Waals surface area (Å²) in [5.74, 6) is 0. The first-order valence-electron chi connectivity index (χ1n) is 16.1. The van der Waals surface area contributed by atoms with E-state index in [4.69, 9.17) is 0 Å². The summed E-state index contributed by atoms with van der Waals surface area (Å²) in [6, 6.07) is 54.0. The summed E-state index contributed by atoms with van der Waals surface area (Å²) in [4.78, 5) is 2.29. The first-order valence-corrected chi connectivity index (χ1v) is 16.1. The minimum atomic E-state index is 0.978. The van der Waals surface area contributed by atoms with Gasteiger partial charge in [-0.1, -0.05) is 140 Å². The standard InChI is InChI=1S/C45H34N2/c1-3-37(35-27-26-32(2)38-20-10-13-23-42(38)46(31-35)36-18-8-5-9-19-36)39-21-11-14-24-43(39)47-44-25-15-12-22-40(44)41-29-28-34(30-45(41)47)33-16-6-4-7-17-33/h3-31H,2H2,1H3/b27-26-,35-31+,37-3-. The van der Waals surface area contributed by atoms with Gasteiger partial charge in [-0.05, 0) is 71.2 Å². The Labute approximate surface area is 276 Å². The van der Waals surface area contributed by atoms with Crippen molar-refractivity contribution in [1.29, 1.82) is 0 Å². The second-order valence-corrected chi connectivity index (χ2v) is 11.8. The van der Waals surface area contributed by atoms with E-state index < -0.39 is 0 Å². The molecule has 0 atom stereocenters. The fourth-order valence-electron chi connectivity index (χ4n) is 6.86. The van der Waals surface area contributed by atoms with Crippen molar-refractivity contribution < 1.29 is 0 Å². The van der Waals surface area contributed by atoms with Crippen LogP contribution >= 0.6 is 0 Å². The maximum absolute atomic E-state index is 4.47. The van der Waals surface area contributed by atoms with Gasteiger partial charge >= 0.3 is 0 Å². The van der Waals surface area contributed by atoms with Crippen molar-refractivity contribution in [3.05, 3.63) is 199 Å². The van der Waals surface area contributed by atoms with Crippen LogP contribution in [0.5, 0.6) is 0 Å². The molecular weight excluding hydrogens is 569 g/mol. The van der Waals surface area contributed by atoms with Gasteiger partial charge in [-0.2, -0.15) is 0 Å². The molecule has 0 saturated heterocycles. The fraction of sp³-hybridized carbons (Fsp3) is 0.0222. The summed E-state index contributed by atoms with van der Waals surface area (Å²) in [5.41, 5.74) is 13.6. The third-order valence-electron chi connectivity index (χ3n) is 9.09. The average Bonchev–Trinajstić information content (AvgIpc) is 3.46. The molecule has 47 heavy (non-hydrogen) atoms. The van der Waals surface area contributed by atoms with E-state index in [2.05, 4.69) is 199 Å². The van der Waals surface area contributed by atoms with Crippen molar-refractivity contribution in [2.24, 2.45) is 0 Å². The van der Waals surface area contributed by atoms with Gasteiger partial charge in [0.1, 0.15) is 0 Å². The van der Waals surface area contributed by atoms with Gasteiger partial charge in [0.25, 0.3) is 0 Å². The first kappa shape index (κ1) is 28.4. The second kappa shape index (κ2) is 12.0. The van der Waals surface area contributed by atoms with Crippen molar-refractivity contribution in [2.45, 2.75) is 6.92 Å². The van der Waals surface area contributed by atoms with E-state index in [1.807, 2.05) is 0 Å². The van der Waals surface area contributed by atoms with Crippen LogP contribution < -0.4 is 4.90 Å². The molecule has 0 N–H and O–H groups in total. The van der Waals surface area contributed by atoms with E-state index >= 15 is 0 Å². The topological polar surface area (TPSA) is 8.17 Å². The molecule has 2 heterocycles. The van der Waals surface area contributed by atoms with E-state index in [1.165, 1.54) is 32.9 Å². The number of hydrogen-bond acceptors (Lipinski definition) is 1. The molecule has 1 aliphatic heterocycles. The number of rotatable bonds is 5. The van der Waals surface area contributed by atoms with Crippen LogP contribution in [-0.2, 0) is 0 Å². The zero-order chi connectivity index (χ0) is 31.7. The van der Waals surface area contributed by atoms with Crippen LogP contribution in [0, 0.1) is 0 Å². The van der Waals surface area contributed by atoms with Gasteiger partial charge in [-0.25, -0.2) is 0 Å². The number of aromatic nitrogens is 1. The Balaban J connectivity index is 1.35. The van der Waals surface area contributed by atoms with Crippen molar-refractivity contribution in [3.8, 4) is 16.8 Å². The van der Waals surface area contributed by atoms with Gasteiger partial charge in [-0.15, -0.1) is 0 Å². The molecule has 224 valence electrons. The van der Waals surface area contributed by atoms with Gasteiger partial charge in [0.05, 0.1) is 22.4 Å². The largest absolute Gasteiger partial charge is 0.316 e. The van der Waals surface area contributed by atoms with Gasteiger partial charge in [0, 0.05) is 33.8 Å². The molecule has 2 nitrogen and oxygen atoms in total. The molecule has 0 unspecified atom stereocenters. The highest BCUT2D eigenvalue weighted by molar-refractivity contribution is 6.10. The lowest BCUT2D eigenvalue weighted by molar-refractivity contribution is 1.17. The number of anilines is 2. The molecule has 8 rings (SSSR count). The average molecular weight is 603 g/mol. The van der Waals surface area contributed by atoms with Crippen molar-refractivity contribution >= 4 is 44.3 Å². The van der Waals surface area contributed by atoms with Crippen LogP contribution in [0.1, 0.15) is 18.1 Å². The van der Waals surface area contributed by atoms with Crippen LogP contribution in [0.25, 0.3) is 49.8 Å². The molecule has 2 heteroatoms. The molecule has 6 aromatic carbocycles. The lowest BCUT2D eigenvalue weighted by atomic mass is 9.93. The van der Waals surface area contributed by atoms with Gasteiger partial charge in [0.2, 0.25) is 0 Å². The highest BCUT2D eigenvalue weighted by Crippen LogP contribution is 2.41. The highest BCUT2D eigenvalue weighted by Gasteiger charge is 2.21. The van der Waals surface area contributed by atoms with E-state index in [0.29, 0.717) is 0 Å². The molecule has 0 aliphatic carbocycles. The Morgan fingerprint density at radius 3 is 2.04 bits per heavy atom. The lowest BCUT2D eigenvalue weighted by Gasteiger charge is -2.27. The minimum absolute atomic E-state index is 0.978. The first-order chi connectivity index (χ1) is 23.2. The zero-order valence-electron chi connectivity index (χ0n) is 26.3. The monoisotopic (exact) mass is 602 g/mol. The van der Waals surface area contributed by atoms with Gasteiger partial charge in [-0.3, -0.25) is 0 Å².